The van der Waals surface area contributed by atoms with Gasteiger partial charge in [0.25, 0.3) is 0 Å². The third-order valence-corrected chi connectivity index (χ3v) is 3.47. The van der Waals surface area contributed by atoms with Crippen LogP contribution < -0.4 is 5.32 Å². The van der Waals surface area contributed by atoms with Gasteiger partial charge in [0.2, 0.25) is 0 Å². The van der Waals surface area contributed by atoms with E-state index < -0.39 is 0 Å². The summed E-state index contributed by atoms with van der Waals surface area (Å²) in [5.41, 5.74) is 4.85. The fraction of sp³-hybridized carbons (Fsp3) is 0.294. The van der Waals surface area contributed by atoms with Crippen molar-refractivity contribution >= 4 is 0 Å². The van der Waals surface area contributed by atoms with E-state index in [0.29, 0.717) is 6.04 Å². The minimum atomic E-state index is 0.104. The molecular formula is C17H21NO. The van der Waals surface area contributed by atoms with Crippen LogP contribution in [0.5, 0.6) is 0 Å². The SMILES string of the molecule is Cc1ccccc1[C@H](C)NCc1ccc(CO)cc1. The molecule has 2 N–H and O–H groups in total. The lowest BCUT2D eigenvalue weighted by Gasteiger charge is -2.16. The Kier molecular flexibility index (Phi) is 4.72. The maximum Gasteiger partial charge on any atom is 0.0681 e. The van der Waals surface area contributed by atoms with Crippen molar-refractivity contribution in [2.24, 2.45) is 0 Å². The van der Waals surface area contributed by atoms with Crippen molar-refractivity contribution in [3.05, 3.63) is 70.8 Å². The molecule has 2 heteroatoms. The fourth-order valence-electron chi connectivity index (χ4n) is 2.22. The highest BCUT2D eigenvalue weighted by atomic mass is 16.3. The first-order chi connectivity index (χ1) is 9.20. The third kappa shape index (κ3) is 3.66. The topological polar surface area (TPSA) is 32.3 Å². The van der Waals surface area contributed by atoms with Crippen molar-refractivity contribution in [2.45, 2.75) is 33.0 Å². The van der Waals surface area contributed by atoms with Crippen LogP contribution in [-0.2, 0) is 13.2 Å². The second-order valence-corrected chi connectivity index (χ2v) is 4.93. The average molecular weight is 255 g/mol. The molecule has 0 heterocycles. The standard InChI is InChI=1S/C17H21NO/c1-13-5-3-4-6-17(13)14(2)18-11-15-7-9-16(12-19)10-8-15/h3-10,14,18-19H,11-12H2,1-2H3/t14-/m0/s1. The van der Waals surface area contributed by atoms with Crippen LogP contribution in [0.4, 0.5) is 0 Å². The van der Waals surface area contributed by atoms with E-state index in [9.17, 15) is 0 Å². The van der Waals surface area contributed by atoms with Crippen molar-refractivity contribution < 1.29 is 5.11 Å². The van der Waals surface area contributed by atoms with Gasteiger partial charge in [-0.3, -0.25) is 0 Å². The zero-order valence-corrected chi connectivity index (χ0v) is 11.6. The Morgan fingerprint density at radius 1 is 1.00 bits per heavy atom. The molecule has 0 unspecified atom stereocenters. The molecule has 0 aliphatic rings. The molecule has 2 aromatic carbocycles. The van der Waals surface area contributed by atoms with Gasteiger partial charge in [0, 0.05) is 12.6 Å². The zero-order valence-electron chi connectivity index (χ0n) is 11.6. The molecule has 0 aliphatic heterocycles. The van der Waals surface area contributed by atoms with Crippen molar-refractivity contribution in [2.75, 3.05) is 0 Å². The van der Waals surface area contributed by atoms with Crippen molar-refractivity contribution in [3.8, 4) is 0 Å². The first-order valence-corrected chi connectivity index (χ1v) is 6.68. The van der Waals surface area contributed by atoms with E-state index in [-0.39, 0.29) is 6.61 Å². The number of aryl methyl sites for hydroxylation is 1. The Hall–Kier alpha value is -1.64. The lowest BCUT2D eigenvalue weighted by Crippen LogP contribution is -2.18. The predicted molar refractivity (Wildman–Crippen MR) is 78.8 cm³/mol. The molecule has 0 fully saturated rings. The Morgan fingerprint density at radius 3 is 2.26 bits per heavy atom. The highest BCUT2D eigenvalue weighted by molar-refractivity contribution is 5.28. The van der Waals surface area contributed by atoms with E-state index in [0.717, 1.165) is 12.1 Å². The molecule has 2 rings (SSSR count). The summed E-state index contributed by atoms with van der Waals surface area (Å²) in [6.07, 6.45) is 0. The van der Waals surface area contributed by atoms with Crippen molar-refractivity contribution in [1.82, 2.24) is 5.32 Å². The van der Waals surface area contributed by atoms with Gasteiger partial charge in [0.15, 0.2) is 0 Å². The molecule has 0 saturated carbocycles. The summed E-state index contributed by atoms with van der Waals surface area (Å²) in [5, 5.41) is 12.5. The van der Waals surface area contributed by atoms with Gasteiger partial charge in [-0.25, -0.2) is 0 Å². The van der Waals surface area contributed by atoms with Crippen LogP contribution in [0.1, 0.15) is 35.2 Å². The largest absolute Gasteiger partial charge is 0.392 e. The Morgan fingerprint density at radius 2 is 1.63 bits per heavy atom. The summed E-state index contributed by atoms with van der Waals surface area (Å²) < 4.78 is 0. The molecule has 0 aliphatic carbocycles. The quantitative estimate of drug-likeness (QED) is 0.859. The first kappa shape index (κ1) is 13.8. The smallest absolute Gasteiger partial charge is 0.0681 e. The van der Waals surface area contributed by atoms with Crippen molar-refractivity contribution in [1.29, 1.82) is 0 Å². The molecule has 2 nitrogen and oxygen atoms in total. The van der Waals surface area contributed by atoms with Crippen LogP contribution in [-0.4, -0.2) is 5.11 Å². The summed E-state index contributed by atoms with van der Waals surface area (Å²) in [6.45, 7) is 5.27. The van der Waals surface area contributed by atoms with Gasteiger partial charge in [-0.05, 0) is 36.1 Å². The Labute approximate surface area is 115 Å². The highest BCUT2D eigenvalue weighted by Gasteiger charge is 2.06. The molecule has 100 valence electrons. The number of hydrogen-bond donors (Lipinski definition) is 2. The van der Waals surface area contributed by atoms with Gasteiger partial charge < -0.3 is 10.4 Å². The zero-order chi connectivity index (χ0) is 13.7. The Balaban J connectivity index is 1.96. The van der Waals surface area contributed by atoms with Crippen LogP contribution in [0.3, 0.4) is 0 Å². The third-order valence-electron chi connectivity index (χ3n) is 3.47. The molecule has 0 bridgehead atoms. The molecular weight excluding hydrogens is 234 g/mol. The summed E-state index contributed by atoms with van der Waals surface area (Å²) in [7, 11) is 0. The van der Waals surface area contributed by atoms with Crippen LogP contribution in [0.15, 0.2) is 48.5 Å². The predicted octanol–water partition coefficient (Wildman–Crippen LogP) is 3.34. The van der Waals surface area contributed by atoms with E-state index in [2.05, 4.69) is 55.6 Å². The fourth-order valence-corrected chi connectivity index (χ4v) is 2.22. The van der Waals surface area contributed by atoms with Gasteiger partial charge >= 0.3 is 0 Å². The molecule has 0 radical (unpaired) electrons. The molecule has 1 atom stereocenters. The summed E-state index contributed by atoms with van der Waals surface area (Å²) in [5.74, 6) is 0. The number of aliphatic hydroxyl groups excluding tert-OH is 1. The maximum atomic E-state index is 9.01. The molecule has 0 amide bonds. The number of rotatable bonds is 5. The number of hydrogen-bond acceptors (Lipinski definition) is 2. The minimum Gasteiger partial charge on any atom is -0.392 e. The van der Waals surface area contributed by atoms with Crippen LogP contribution in [0.25, 0.3) is 0 Å². The highest BCUT2D eigenvalue weighted by Crippen LogP contribution is 2.17. The van der Waals surface area contributed by atoms with Gasteiger partial charge in [-0.2, -0.15) is 0 Å². The Bertz CT molecular complexity index is 519. The second-order valence-electron chi connectivity index (χ2n) is 4.93. The molecule has 0 spiro atoms. The van der Waals surface area contributed by atoms with E-state index in [4.69, 9.17) is 5.11 Å². The molecule has 0 saturated heterocycles. The van der Waals surface area contributed by atoms with Crippen LogP contribution >= 0.6 is 0 Å². The summed E-state index contributed by atoms with van der Waals surface area (Å²) >= 11 is 0. The van der Waals surface area contributed by atoms with E-state index in [1.165, 1.54) is 16.7 Å². The molecule has 19 heavy (non-hydrogen) atoms. The lowest BCUT2D eigenvalue weighted by molar-refractivity contribution is 0.282. The van der Waals surface area contributed by atoms with Crippen molar-refractivity contribution in [3.63, 3.8) is 0 Å². The second kappa shape index (κ2) is 6.50. The summed E-state index contributed by atoms with van der Waals surface area (Å²) in [6, 6.07) is 16.8. The monoisotopic (exact) mass is 255 g/mol. The average Bonchev–Trinajstić information content (AvgIpc) is 2.46. The minimum absolute atomic E-state index is 0.104. The number of benzene rings is 2. The van der Waals surface area contributed by atoms with Crippen LogP contribution in [0.2, 0.25) is 0 Å². The van der Waals surface area contributed by atoms with E-state index in [1.807, 2.05) is 12.1 Å². The normalized spacial score (nSPS) is 12.4. The van der Waals surface area contributed by atoms with Gasteiger partial charge in [0.1, 0.15) is 0 Å². The molecule has 2 aromatic rings. The van der Waals surface area contributed by atoms with Crippen LogP contribution in [0, 0.1) is 6.92 Å². The van der Waals surface area contributed by atoms with E-state index in [1.54, 1.807) is 0 Å². The summed E-state index contributed by atoms with van der Waals surface area (Å²) in [4.78, 5) is 0. The number of nitrogens with one attached hydrogen (secondary N) is 1. The van der Waals surface area contributed by atoms with E-state index >= 15 is 0 Å². The number of aliphatic hydroxyl groups is 1. The first-order valence-electron chi connectivity index (χ1n) is 6.68. The maximum absolute atomic E-state index is 9.01. The molecule has 0 aromatic heterocycles. The van der Waals surface area contributed by atoms with Gasteiger partial charge in [-0.15, -0.1) is 0 Å². The van der Waals surface area contributed by atoms with Gasteiger partial charge in [-0.1, -0.05) is 48.5 Å². The lowest BCUT2D eigenvalue weighted by atomic mass is 10.0. The van der Waals surface area contributed by atoms with Gasteiger partial charge in [0.05, 0.1) is 6.61 Å².